The summed E-state index contributed by atoms with van der Waals surface area (Å²) in [6.45, 7) is 17.8. The van der Waals surface area contributed by atoms with E-state index in [9.17, 15) is 10.2 Å². The van der Waals surface area contributed by atoms with E-state index in [0.29, 0.717) is 5.57 Å². The van der Waals surface area contributed by atoms with Gasteiger partial charge < -0.3 is 10.2 Å². The third-order valence-corrected chi connectivity index (χ3v) is 11.6. The van der Waals surface area contributed by atoms with Gasteiger partial charge in [-0.1, -0.05) is 202 Å². The van der Waals surface area contributed by atoms with Crippen LogP contribution >= 0.6 is 0 Å². The number of hydrogen-bond donors (Lipinski definition) is 2. The molecule has 0 atom stereocenters. The minimum atomic E-state index is -0.203. The highest BCUT2D eigenvalue weighted by Gasteiger charge is 2.21. The standard InChI is InChI=1S/C60H48O2/c1-6-20-41(7-2)31-32-42(8-3)48-23-12-14-25-50(48)52-36-35-47(38-57(52)51-26-15-13-24-49(51)46-34-33-44-21-10-11-22-45(44)37-46)60-55-29-18-16-27-53(55)59(54-28-17-19-30-56(54)60)43(9-4)39-58(62)40(5)61/h6-19,21-39,61-62H,1-4,20H2,5H3/b41-31-,42-32+,43-39+,58-40-. The molecular formula is C60H48O2. The van der Waals surface area contributed by atoms with Gasteiger partial charge in [0, 0.05) is 0 Å². The van der Waals surface area contributed by atoms with Crippen LogP contribution in [0.1, 0.15) is 24.5 Å². The molecule has 300 valence electrons. The molecule has 0 aliphatic heterocycles. The van der Waals surface area contributed by atoms with Gasteiger partial charge >= 0.3 is 0 Å². The van der Waals surface area contributed by atoms with Gasteiger partial charge in [0.1, 0.15) is 5.76 Å². The van der Waals surface area contributed by atoms with Crippen LogP contribution in [0.2, 0.25) is 0 Å². The zero-order chi connectivity index (χ0) is 43.2. The van der Waals surface area contributed by atoms with Crippen LogP contribution in [-0.4, -0.2) is 10.2 Å². The highest BCUT2D eigenvalue weighted by Crippen LogP contribution is 2.47. The van der Waals surface area contributed by atoms with Crippen molar-refractivity contribution in [1.29, 1.82) is 0 Å². The second-order valence-corrected chi connectivity index (χ2v) is 15.3. The van der Waals surface area contributed by atoms with Gasteiger partial charge in [-0.15, -0.1) is 6.58 Å². The molecule has 0 amide bonds. The van der Waals surface area contributed by atoms with Crippen LogP contribution in [0.25, 0.3) is 88.0 Å². The van der Waals surface area contributed by atoms with Gasteiger partial charge in [-0.2, -0.15) is 0 Å². The Morgan fingerprint density at radius 3 is 1.69 bits per heavy atom. The van der Waals surface area contributed by atoms with E-state index in [4.69, 9.17) is 0 Å². The van der Waals surface area contributed by atoms with E-state index in [1.165, 1.54) is 17.7 Å². The van der Waals surface area contributed by atoms with Crippen molar-refractivity contribution < 1.29 is 10.2 Å². The van der Waals surface area contributed by atoms with Gasteiger partial charge in [-0.25, -0.2) is 0 Å². The average Bonchev–Trinajstić information content (AvgIpc) is 3.32. The van der Waals surface area contributed by atoms with E-state index >= 15 is 0 Å². The molecule has 2 heteroatoms. The molecule has 0 heterocycles. The fourth-order valence-corrected chi connectivity index (χ4v) is 8.54. The lowest BCUT2D eigenvalue weighted by Crippen LogP contribution is -1.96. The molecule has 2 N–H and O–H groups in total. The van der Waals surface area contributed by atoms with E-state index in [2.05, 4.69) is 184 Å². The van der Waals surface area contributed by atoms with Crippen molar-refractivity contribution in [2.75, 3.05) is 0 Å². The number of hydrogen-bond acceptors (Lipinski definition) is 2. The maximum absolute atomic E-state index is 10.7. The second kappa shape index (κ2) is 18.1. The van der Waals surface area contributed by atoms with Gasteiger partial charge in [0.15, 0.2) is 5.76 Å². The Bertz CT molecular complexity index is 3140. The van der Waals surface area contributed by atoms with Crippen LogP contribution in [0.3, 0.4) is 0 Å². The van der Waals surface area contributed by atoms with Crippen LogP contribution in [0.5, 0.6) is 0 Å². The SMILES string of the molecule is C=CC/C(C=C)=C\C=C(/C=C)c1ccccc1-c1ccc(-c2c3ccccc3c(/C(C=C)=C/C(O)=C(\C)O)c3ccccc23)cc1-c1ccccc1-c1ccc2ccccc2c1. The zero-order valence-electron chi connectivity index (χ0n) is 35.0. The number of fused-ring (bicyclic) bond motifs is 3. The summed E-state index contributed by atoms with van der Waals surface area (Å²) in [5, 5.41) is 27.4. The predicted molar refractivity (Wildman–Crippen MR) is 268 cm³/mol. The van der Waals surface area contributed by atoms with Crippen molar-refractivity contribution in [2.24, 2.45) is 0 Å². The summed E-state index contributed by atoms with van der Waals surface area (Å²) in [5.41, 5.74) is 13.6. The van der Waals surface area contributed by atoms with Gasteiger partial charge in [-0.05, 0) is 136 Å². The first kappa shape index (κ1) is 40.8. The Labute approximate surface area is 364 Å². The summed E-state index contributed by atoms with van der Waals surface area (Å²) < 4.78 is 0. The molecule has 0 fully saturated rings. The molecule has 0 aliphatic carbocycles. The Morgan fingerprint density at radius 1 is 0.484 bits per heavy atom. The molecule has 62 heavy (non-hydrogen) atoms. The van der Waals surface area contributed by atoms with E-state index in [0.717, 1.165) is 94.7 Å². The molecule has 8 aromatic rings. The summed E-state index contributed by atoms with van der Waals surface area (Å²) in [7, 11) is 0. The van der Waals surface area contributed by atoms with Crippen molar-refractivity contribution in [3.05, 3.63) is 255 Å². The lowest BCUT2D eigenvalue weighted by molar-refractivity contribution is 0.340. The highest BCUT2D eigenvalue weighted by atomic mass is 16.3. The molecule has 0 unspecified atom stereocenters. The normalized spacial score (nSPS) is 12.6. The van der Waals surface area contributed by atoms with Crippen LogP contribution in [0.15, 0.2) is 244 Å². The van der Waals surface area contributed by atoms with E-state index in [1.807, 2.05) is 30.4 Å². The molecule has 0 saturated heterocycles. The summed E-state index contributed by atoms with van der Waals surface area (Å²) >= 11 is 0. The number of rotatable bonds is 13. The quantitative estimate of drug-likeness (QED) is 0.0528. The topological polar surface area (TPSA) is 40.5 Å². The average molecular weight is 801 g/mol. The Balaban J connectivity index is 1.45. The fraction of sp³-hybridized carbons (Fsp3) is 0.0333. The van der Waals surface area contributed by atoms with E-state index in [1.54, 1.807) is 12.2 Å². The predicted octanol–water partition coefficient (Wildman–Crippen LogP) is 17.0. The maximum atomic E-state index is 10.7. The highest BCUT2D eigenvalue weighted by molar-refractivity contribution is 6.20. The lowest BCUT2D eigenvalue weighted by atomic mass is 9.82. The molecule has 0 aliphatic rings. The first-order valence-corrected chi connectivity index (χ1v) is 20.8. The van der Waals surface area contributed by atoms with Gasteiger partial charge in [0.05, 0.1) is 0 Å². The molecule has 8 aromatic carbocycles. The fourth-order valence-electron chi connectivity index (χ4n) is 8.54. The number of benzene rings is 8. The largest absolute Gasteiger partial charge is 0.509 e. The molecule has 8 rings (SSSR count). The summed E-state index contributed by atoms with van der Waals surface area (Å²) in [4.78, 5) is 0. The van der Waals surface area contributed by atoms with Crippen molar-refractivity contribution in [1.82, 2.24) is 0 Å². The van der Waals surface area contributed by atoms with Crippen molar-refractivity contribution in [2.45, 2.75) is 13.3 Å². The van der Waals surface area contributed by atoms with Crippen molar-refractivity contribution >= 4 is 43.5 Å². The van der Waals surface area contributed by atoms with Gasteiger partial charge in [-0.3, -0.25) is 0 Å². The van der Waals surface area contributed by atoms with Crippen LogP contribution in [0, 0.1) is 0 Å². The van der Waals surface area contributed by atoms with Crippen LogP contribution in [0.4, 0.5) is 0 Å². The molecular weight excluding hydrogens is 753 g/mol. The number of aliphatic hydroxyl groups is 2. The van der Waals surface area contributed by atoms with Gasteiger partial charge in [0.25, 0.3) is 0 Å². The maximum Gasteiger partial charge on any atom is 0.153 e. The Hall–Kier alpha value is -7.94. The first-order valence-electron chi connectivity index (χ1n) is 20.8. The van der Waals surface area contributed by atoms with Gasteiger partial charge in [0.2, 0.25) is 0 Å². The zero-order valence-corrected chi connectivity index (χ0v) is 35.0. The summed E-state index contributed by atoms with van der Waals surface area (Å²) in [6.07, 6.45) is 13.9. The Kier molecular flexibility index (Phi) is 11.9. The Morgan fingerprint density at radius 2 is 1.05 bits per heavy atom. The number of aliphatic hydroxyl groups excluding tert-OH is 2. The minimum absolute atomic E-state index is 0.158. The second-order valence-electron chi connectivity index (χ2n) is 15.3. The van der Waals surface area contributed by atoms with E-state index < -0.39 is 0 Å². The molecule has 0 aromatic heterocycles. The smallest absolute Gasteiger partial charge is 0.153 e. The van der Waals surface area contributed by atoms with Crippen LogP contribution < -0.4 is 0 Å². The summed E-state index contributed by atoms with van der Waals surface area (Å²) in [5.74, 6) is -0.361. The van der Waals surface area contributed by atoms with Crippen molar-refractivity contribution in [3.8, 4) is 44.5 Å². The number of allylic oxidation sites excluding steroid dienone is 11. The molecule has 2 nitrogen and oxygen atoms in total. The van der Waals surface area contributed by atoms with Crippen molar-refractivity contribution in [3.63, 3.8) is 0 Å². The third-order valence-electron chi connectivity index (χ3n) is 11.6. The minimum Gasteiger partial charge on any atom is -0.509 e. The molecule has 0 spiro atoms. The van der Waals surface area contributed by atoms with Crippen LogP contribution in [-0.2, 0) is 0 Å². The monoisotopic (exact) mass is 800 g/mol. The van der Waals surface area contributed by atoms with E-state index in [-0.39, 0.29) is 11.5 Å². The lowest BCUT2D eigenvalue weighted by Gasteiger charge is -2.21. The first-order chi connectivity index (χ1) is 30.3. The molecule has 0 bridgehead atoms. The third kappa shape index (κ3) is 7.90. The molecule has 0 saturated carbocycles. The molecule has 0 radical (unpaired) electrons. The summed E-state index contributed by atoms with van der Waals surface area (Å²) in [6, 6.07) is 56.1.